The number of ether oxygens (including phenoxy) is 2. The standard InChI is InChI=1S/C20H21NO5/c1-2-3-14-4-6-15(7-5-14)18(22)12-26-20(24)16-8-10-17(11-9-16)25-13-19(21)23/h4-11H,2-3,12-13H2,1H3,(H2,21,23). The predicted octanol–water partition coefficient (Wildman–Crippen LogP) is 2.54. The van der Waals surface area contributed by atoms with Gasteiger partial charge in [0, 0.05) is 5.56 Å². The second-order valence-corrected chi connectivity index (χ2v) is 5.73. The number of hydrogen-bond acceptors (Lipinski definition) is 5. The van der Waals surface area contributed by atoms with Gasteiger partial charge in [-0.2, -0.15) is 0 Å². The van der Waals surface area contributed by atoms with Gasteiger partial charge in [-0.25, -0.2) is 4.79 Å². The van der Waals surface area contributed by atoms with Crippen molar-refractivity contribution >= 4 is 17.7 Å². The molecular formula is C20H21NO5. The summed E-state index contributed by atoms with van der Waals surface area (Å²) in [4.78, 5) is 34.8. The van der Waals surface area contributed by atoms with Crippen LogP contribution in [0.5, 0.6) is 5.75 Å². The van der Waals surface area contributed by atoms with Crippen LogP contribution in [0.1, 0.15) is 39.6 Å². The number of Topliss-reactive ketones (excluding diaryl/α,β-unsaturated/α-hetero) is 1. The van der Waals surface area contributed by atoms with Gasteiger partial charge in [0.25, 0.3) is 5.91 Å². The van der Waals surface area contributed by atoms with Crippen molar-refractivity contribution in [1.29, 1.82) is 0 Å². The number of benzene rings is 2. The molecule has 0 aromatic heterocycles. The number of carbonyl (C=O) groups is 3. The number of aryl methyl sites for hydroxylation is 1. The SMILES string of the molecule is CCCc1ccc(C(=O)COC(=O)c2ccc(OCC(N)=O)cc2)cc1. The zero-order valence-electron chi connectivity index (χ0n) is 14.6. The number of hydrogen-bond donors (Lipinski definition) is 1. The zero-order chi connectivity index (χ0) is 18.9. The van der Waals surface area contributed by atoms with E-state index >= 15 is 0 Å². The lowest BCUT2D eigenvalue weighted by atomic mass is 10.1. The van der Waals surface area contributed by atoms with E-state index in [0.717, 1.165) is 12.8 Å². The van der Waals surface area contributed by atoms with Crippen molar-refractivity contribution in [3.05, 3.63) is 65.2 Å². The van der Waals surface area contributed by atoms with Crippen molar-refractivity contribution in [2.45, 2.75) is 19.8 Å². The number of primary amides is 1. The van der Waals surface area contributed by atoms with Gasteiger partial charge in [-0.05, 0) is 36.2 Å². The van der Waals surface area contributed by atoms with Gasteiger partial charge in [-0.15, -0.1) is 0 Å². The van der Waals surface area contributed by atoms with Gasteiger partial charge < -0.3 is 15.2 Å². The average Bonchev–Trinajstić information content (AvgIpc) is 2.65. The monoisotopic (exact) mass is 355 g/mol. The summed E-state index contributed by atoms with van der Waals surface area (Å²) in [6, 6.07) is 13.3. The lowest BCUT2D eigenvalue weighted by molar-refractivity contribution is -0.119. The molecule has 0 heterocycles. The zero-order valence-corrected chi connectivity index (χ0v) is 14.6. The number of ketones is 1. The van der Waals surface area contributed by atoms with Crippen molar-refractivity contribution in [3.63, 3.8) is 0 Å². The van der Waals surface area contributed by atoms with Gasteiger partial charge in [-0.1, -0.05) is 37.6 Å². The summed E-state index contributed by atoms with van der Waals surface area (Å²) in [5.74, 6) is -1.05. The molecule has 0 saturated heterocycles. The molecule has 2 N–H and O–H groups in total. The first-order chi connectivity index (χ1) is 12.5. The first kappa shape index (κ1) is 19.2. The largest absolute Gasteiger partial charge is 0.484 e. The Morgan fingerprint density at radius 3 is 2.08 bits per heavy atom. The topological polar surface area (TPSA) is 95.7 Å². The van der Waals surface area contributed by atoms with Crippen molar-refractivity contribution < 1.29 is 23.9 Å². The normalized spacial score (nSPS) is 10.2. The Labute approximate surface area is 151 Å². The molecule has 26 heavy (non-hydrogen) atoms. The highest BCUT2D eigenvalue weighted by molar-refractivity contribution is 5.99. The second kappa shape index (κ2) is 9.36. The fourth-order valence-corrected chi connectivity index (χ4v) is 2.29. The Balaban J connectivity index is 1.87. The molecule has 0 spiro atoms. The van der Waals surface area contributed by atoms with E-state index < -0.39 is 11.9 Å². The summed E-state index contributed by atoms with van der Waals surface area (Å²) in [6.45, 7) is 1.52. The molecule has 6 nitrogen and oxygen atoms in total. The van der Waals surface area contributed by atoms with Crippen LogP contribution >= 0.6 is 0 Å². The summed E-state index contributed by atoms with van der Waals surface area (Å²) in [7, 11) is 0. The van der Waals surface area contributed by atoms with Crippen LogP contribution in [0, 0.1) is 0 Å². The Morgan fingerprint density at radius 2 is 1.50 bits per heavy atom. The minimum atomic E-state index is -0.609. The first-order valence-corrected chi connectivity index (χ1v) is 8.30. The van der Waals surface area contributed by atoms with E-state index in [1.54, 1.807) is 12.1 Å². The third-order valence-electron chi connectivity index (χ3n) is 3.62. The molecule has 2 rings (SSSR count). The van der Waals surface area contributed by atoms with Crippen LogP contribution in [0.4, 0.5) is 0 Å². The Hall–Kier alpha value is -3.15. The minimum absolute atomic E-state index is 0.241. The van der Waals surface area contributed by atoms with Gasteiger partial charge in [-0.3, -0.25) is 9.59 Å². The van der Waals surface area contributed by atoms with Gasteiger partial charge >= 0.3 is 5.97 Å². The molecule has 0 atom stereocenters. The molecule has 2 aromatic carbocycles. The number of amides is 1. The van der Waals surface area contributed by atoms with Crippen LogP contribution < -0.4 is 10.5 Å². The van der Waals surface area contributed by atoms with E-state index in [0.29, 0.717) is 11.3 Å². The maximum absolute atomic E-state index is 12.1. The second-order valence-electron chi connectivity index (χ2n) is 5.73. The maximum Gasteiger partial charge on any atom is 0.338 e. The van der Waals surface area contributed by atoms with E-state index in [1.807, 2.05) is 12.1 Å². The molecule has 0 aliphatic rings. The molecule has 0 radical (unpaired) electrons. The molecule has 0 fully saturated rings. The van der Waals surface area contributed by atoms with Crippen molar-refractivity contribution in [2.75, 3.05) is 13.2 Å². The highest BCUT2D eigenvalue weighted by atomic mass is 16.5. The van der Waals surface area contributed by atoms with Crippen molar-refractivity contribution in [2.24, 2.45) is 5.73 Å². The number of rotatable bonds is 9. The maximum atomic E-state index is 12.1. The molecule has 6 heteroatoms. The molecule has 0 aliphatic heterocycles. The van der Waals surface area contributed by atoms with E-state index in [2.05, 4.69) is 6.92 Å². The van der Waals surface area contributed by atoms with Crippen LogP contribution in [0.15, 0.2) is 48.5 Å². The van der Waals surface area contributed by atoms with E-state index in [-0.39, 0.29) is 24.6 Å². The van der Waals surface area contributed by atoms with Gasteiger partial charge in [0.2, 0.25) is 0 Å². The summed E-state index contributed by atoms with van der Waals surface area (Å²) < 4.78 is 10.2. The average molecular weight is 355 g/mol. The lowest BCUT2D eigenvalue weighted by Crippen LogP contribution is -2.20. The first-order valence-electron chi connectivity index (χ1n) is 8.30. The van der Waals surface area contributed by atoms with Crippen LogP contribution in [0.2, 0.25) is 0 Å². The van der Waals surface area contributed by atoms with Crippen LogP contribution in [-0.2, 0) is 16.0 Å². The van der Waals surface area contributed by atoms with Crippen molar-refractivity contribution in [1.82, 2.24) is 0 Å². The fourth-order valence-electron chi connectivity index (χ4n) is 2.29. The number of esters is 1. The Morgan fingerprint density at radius 1 is 0.885 bits per heavy atom. The van der Waals surface area contributed by atoms with E-state index in [4.69, 9.17) is 15.2 Å². The minimum Gasteiger partial charge on any atom is -0.484 e. The number of nitrogens with two attached hydrogens (primary N) is 1. The highest BCUT2D eigenvalue weighted by Gasteiger charge is 2.12. The molecule has 136 valence electrons. The summed E-state index contributed by atoms with van der Waals surface area (Å²) in [5.41, 5.74) is 6.94. The summed E-state index contributed by atoms with van der Waals surface area (Å²) in [5, 5.41) is 0. The van der Waals surface area contributed by atoms with E-state index in [9.17, 15) is 14.4 Å². The summed E-state index contributed by atoms with van der Waals surface area (Å²) in [6.07, 6.45) is 2.00. The highest BCUT2D eigenvalue weighted by Crippen LogP contribution is 2.13. The molecule has 2 aromatic rings. The predicted molar refractivity (Wildman–Crippen MR) is 96.2 cm³/mol. The fraction of sp³-hybridized carbons (Fsp3) is 0.250. The third kappa shape index (κ3) is 5.73. The van der Waals surface area contributed by atoms with Crippen LogP contribution in [0.25, 0.3) is 0 Å². The van der Waals surface area contributed by atoms with Gasteiger partial charge in [0.1, 0.15) is 5.75 Å². The third-order valence-corrected chi connectivity index (χ3v) is 3.62. The molecule has 0 unspecified atom stereocenters. The molecular weight excluding hydrogens is 334 g/mol. The molecule has 1 amide bonds. The van der Waals surface area contributed by atoms with Crippen molar-refractivity contribution in [3.8, 4) is 5.75 Å². The van der Waals surface area contributed by atoms with Crippen LogP contribution in [-0.4, -0.2) is 30.9 Å². The molecule has 0 saturated carbocycles. The molecule has 0 bridgehead atoms. The van der Waals surface area contributed by atoms with Gasteiger partial charge in [0.05, 0.1) is 5.56 Å². The Kier molecular flexibility index (Phi) is 6.91. The lowest BCUT2D eigenvalue weighted by Gasteiger charge is -2.07. The smallest absolute Gasteiger partial charge is 0.338 e. The quantitative estimate of drug-likeness (QED) is 0.551. The van der Waals surface area contributed by atoms with Gasteiger partial charge in [0.15, 0.2) is 19.0 Å². The number of carbonyl (C=O) groups excluding carboxylic acids is 3. The van der Waals surface area contributed by atoms with Crippen LogP contribution in [0.3, 0.4) is 0 Å². The molecule has 0 aliphatic carbocycles. The Bertz CT molecular complexity index is 766. The van der Waals surface area contributed by atoms with E-state index in [1.165, 1.54) is 29.8 Å². The summed E-state index contributed by atoms with van der Waals surface area (Å²) >= 11 is 0.